The lowest BCUT2D eigenvalue weighted by Crippen LogP contribution is -2.24. The van der Waals surface area contributed by atoms with Crippen molar-refractivity contribution in [2.24, 2.45) is 0 Å². The number of benzene rings is 1. The molecule has 1 aromatic rings. The third-order valence-corrected chi connectivity index (χ3v) is 4.75. The van der Waals surface area contributed by atoms with Gasteiger partial charge in [-0.05, 0) is 43.7 Å². The first kappa shape index (κ1) is 19.0. The highest BCUT2D eigenvalue weighted by Crippen LogP contribution is 2.33. The number of hydrogen-bond donors (Lipinski definition) is 1. The Labute approximate surface area is 149 Å². The number of hydrogen-bond acceptors (Lipinski definition) is 3. The number of ether oxygens (including phenoxy) is 1. The number of carbonyl (C=O) groups is 1. The first-order valence-corrected chi connectivity index (χ1v) is 8.85. The van der Waals surface area contributed by atoms with E-state index in [4.69, 9.17) is 21.2 Å². The van der Waals surface area contributed by atoms with Gasteiger partial charge in [0.25, 0.3) is 5.91 Å². The van der Waals surface area contributed by atoms with Crippen molar-refractivity contribution in [2.75, 3.05) is 20.8 Å². The van der Waals surface area contributed by atoms with Gasteiger partial charge < -0.3 is 4.74 Å². The lowest BCUT2D eigenvalue weighted by atomic mass is 9.86. The Morgan fingerprint density at radius 1 is 1.29 bits per heavy atom. The highest BCUT2D eigenvalue weighted by Gasteiger charge is 2.21. The number of halogens is 1. The third-order valence-electron chi connectivity index (χ3n) is 4.43. The molecular formula is C19H26ClNO3. The first-order valence-electron chi connectivity index (χ1n) is 8.47. The van der Waals surface area contributed by atoms with Crippen molar-refractivity contribution in [2.45, 2.75) is 44.4 Å². The predicted octanol–water partition coefficient (Wildman–Crippen LogP) is 4.64. The standard InChI is InChI=1S/C19H26ClNO3/c1-23-12-11-15(13-14-7-4-3-5-8-14)16-9-6-10-17(20)18(16)19(22)21-24-2/h6,9-10,13,15H,3-5,7-8,11-12H2,1-2H3,(H,21,22)/t15-/m1/s1. The zero-order valence-corrected chi connectivity index (χ0v) is 15.2. The van der Waals surface area contributed by atoms with Gasteiger partial charge in [0, 0.05) is 19.6 Å². The molecule has 1 N–H and O–H groups in total. The second-order valence-corrected chi connectivity index (χ2v) is 6.52. The third kappa shape index (κ3) is 5.07. The van der Waals surface area contributed by atoms with Gasteiger partial charge in [0.2, 0.25) is 0 Å². The summed E-state index contributed by atoms with van der Waals surface area (Å²) in [5.74, 6) is -0.211. The second-order valence-electron chi connectivity index (χ2n) is 6.11. The maximum Gasteiger partial charge on any atom is 0.276 e. The van der Waals surface area contributed by atoms with E-state index in [-0.39, 0.29) is 11.8 Å². The molecule has 0 radical (unpaired) electrons. The quantitative estimate of drug-likeness (QED) is 0.575. The minimum absolute atomic E-state index is 0.106. The molecule has 1 aromatic carbocycles. The number of methoxy groups -OCH3 is 1. The molecule has 4 nitrogen and oxygen atoms in total. The number of rotatable bonds is 7. The SMILES string of the molecule is COCC[C@H](C=C1CCCCC1)c1cccc(Cl)c1C(=O)NOC. The molecule has 24 heavy (non-hydrogen) atoms. The first-order chi connectivity index (χ1) is 11.7. The van der Waals surface area contributed by atoms with E-state index in [9.17, 15) is 4.79 Å². The number of nitrogens with one attached hydrogen (secondary N) is 1. The van der Waals surface area contributed by atoms with Gasteiger partial charge in [-0.3, -0.25) is 9.63 Å². The minimum Gasteiger partial charge on any atom is -0.385 e. The van der Waals surface area contributed by atoms with E-state index in [0.29, 0.717) is 17.2 Å². The molecule has 0 heterocycles. The molecule has 1 atom stereocenters. The van der Waals surface area contributed by atoms with Gasteiger partial charge in [0.1, 0.15) is 0 Å². The van der Waals surface area contributed by atoms with Crippen LogP contribution in [0.25, 0.3) is 0 Å². The minimum atomic E-state index is -0.317. The zero-order valence-electron chi connectivity index (χ0n) is 14.4. The summed E-state index contributed by atoms with van der Waals surface area (Å²) in [6, 6.07) is 5.59. The van der Waals surface area contributed by atoms with Crippen molar-refractivity contribution in [1.29, 1.82) is 0 Å². The van der Waals surface area contributed by atoms with E-state index < -0.39 is 0 Å². The molecule has 5 heteroatoms. The number of amides is 1. The maximum absolute atomic E-state index is 12.4. The van der Waals surface area contributed by atoms with Gasteiger partial charge in [-0.15, -0.1) is 0 Å². The van der Waals surface area contributed by atoms with Crippen LogP contribution in [-0.2, 0) is 9.57 Å². The van der Waals surface area contributed by atoms with Crippen LogP contribution < -0.4 is 5.48 Å². The molecule has 0 aliphatic heterocycles. The van der Waals surface area contributed by atoms with Crippen molar-refractivity contribution in [1.82, 2.24) is 5.48 Å². The summed E-state index contributed by atoms with van der Waals surface area (Å²) in [6.07, 6.45) is 9.21. The van der Waals surface area contributed by atoms with Crippen LogP contribution in [0.1, 0.15) is 60.4 Å². The molecule has 2 rings (SSSR count). The second kappa shape index (κ2) is 9.82. The fourth-order valence-electron chi connectivity index (χ4n) is 3.26. The lowest BCUT2D eigenvalue weighted by molar-refractivity contribution is 0.0536. The van der Waals surface area contributed by atoms with Crippen LogP contribution in [0, 0.1) is 0 Å². The summed E-state index contributed by atoms with van der Waals surface area (Å²) in [5, 5.41) is 0.437. The summed E-state index contributed by atoms with van der Waals surface area (Å²) < 4.78 is 5.27. The molecule has 0 bridgehead atoms. The number of carbonyl (C=O) groups excluding carboxylic acids is 1. The van der Waals surface area contributed by atoms with E-state index in [0.717, 1.165) is 24.8 Å². The Balaban J connectivity index is 2.37. The summed E-state index contributed by atoms with van der Waals surface area (Å²) in [7, 11) is 3.11. The lowest BCUT2D eigenvalue weighted by Gasteiger charge is -2.21. The van der Waals surface area contributed by atoms with Crippen molar-refractivity contribution in [3.63, 3.8) is 0 Å². The van der Waals surface area contributed by atoms with E-state index >= 15 is 0 Å². The van der Waals surface area contributed by atoms with Crippen molar-refractivity contribution < 1.29 is 14.4 Å². The van der Waals surface area contributed by atoms with Crippen LogP contribution in [0.5, 0.6) is 0 Å². The average molecular weight is 352 g/mol. The topological polar surface area (TPSA) is 47.6 Å². The van der Waals surface area contributed by atoms with Gasteiger partial charge in [-0.1, -0.05) is 41.8 Å². The molecule has 1 saturated carbocycles. The molecule has 1 fully saturated rings. The fourth-order valence-corrected chi connectivity index (χ4v) is 3.53. The molecule has 0 aromatic heterocycles. The molecule has 132 valence electrons. The van der Waals surface area contributed by atoms with Crippen LogP contribution in [0.4, 0.5) is 0 Å². The fraction of sp³-hybridized carbons (Fsp3) is 0.526. The predicted molar refractivity (Wildman–Crippen MR) is 96.3 cm³/mol. The Kier molecular flexibility index (Phi) is 7.76. The summed E-state index contributed by atoms with van der Waals surface area (Å²) in [6.45, 7) is 0.631. The molecule has 0 saturated heterocycles. The van der Waals surface area contributed by atoms with Crippen molar-refractivity contribution in [3.05, 3.63) is 46.0 Å². The van der Waals surface area contributed by atoms with Gasteiger partial charge in [-0.2, -0.15) is 0 Å². The largest absolute Gasteiger partial charge is 0.385 e. The van der Waals surface area contributed by atoms with Crippen LogP contribution in [-0.4, -0.2) is 26.7 Å². The highest BCUT2D eigenvalue weighted by atomic mass is 35.5. The van der Waals surface area contributed by atoms with E-state index in [1.54, 1.807) is 13.2 Å². The average Bonchev–Trinajstić information content (AvgIpc) is 2.59. The van der Waals surface area contributed by atoms with Gasteiger partial charge in [0.05, 0.1) is 17.7 Å². The highest BCUT2D eigenvalue weighted by molar-refractivity contribution is 6.34. The summed E-state index contributed by atoms with van der Waals surface area (Å²) in [4.78, 5) is 17.2. The van der Waals surface area contributed by atoms with Crippen molar-refractivity contribution >= 4 is 17.5 Å². The monoisotopic (exact) mass is 351 g/mol. The van der Waals surface area contributed by atoms with E-state index in [1.807, 2.05) is 12.1 Å². The van der Waals surface area contributed by atoms with Gasteiger partial charge in [-0.25, -0.2) is 5.48 Å². The Morgan fingerprint density at radius 2 is 2.04 bits per heavy atom. The summed E-state index contributed by atoms with van der Waals surface area (Å²) >= 11 is 6.31. The smallest absolute Gasteiger partial charge is 0.276 e. The van der Waals surface area contributed by atoms with Gasteiger partial charge >= 0.3 is 0 Å². The van der Waals surface area contributed by atoms with Crippen LogP contribution in [0.15, 0.2) is 29.8 Å². The molecule has 1 aliphatic carbocycles. The Bertz CT molecular complexity index is 578. The number of allylic oxidation sites excluding steroid dienone is 2. The number of hydroxylamine groups is 1. The molecule has 1 aliphatic rings. The normalized spacial score (nSPS) is 15.9. The molecule has 0 unspecified atom stereocenters. The molecule has 1 amide bonds. The van der Waals surface area contributed by atoms with Crippen LogP contribution >= 0.6 is 11.6 Å². The van der Waals surface area contributed by atoms with E-state index in [1.165, 1.54) is 31.9 Å². The molecule has 0 spiro atoms. The van der Waals surface area contributed by atoms with Crippen LogP contribution in [0.3, 0.4) is 0 Å². The summed E-state index contributed by atoms with van der Waals surface area (Å²) in [5.41, 5.74) is 5.26. The maximum atomic E-state index is 12.4. The van der Waals surface area contributed by atoms with E-state index in [2.05, 4.69) is 11.6 Å². The van der Waals surface area contributed by atoms with Crippen molar-refractivity contribution in [3.8, 4) is 0 Å². The molecular weight excluding hydrogens is 326 g/mol. The van der Waals surface area contributed by atoms with Gasteiger partial charge in [0.15, 0.2) is 0 Å². The Morgan fingerprint density at radius 3 is 2.71 bits per heavy atom. The zero-order chi connectivity index (χ0) is 17.4. The van der Waals surface area contributed by atoms with Crippen LogP contribution in [0.2, 0.25) is 5.02 Å². The Hall–Kier alpha value is -1.36.